The third-order valence-corrected chi connectivity index (χ3v) is 8.34. The van der Waals surface area contributed by atoms with Gasteiger partial charge in [-0.05, 0) is 89.5 Å². The van der Waals surface area contributed by atoms with Crippen LogP contribution in [0.4, 0.5) is 13.2 Å². The molecule has 3 nitrogen and oxygen atoms in total. The zero-order valence-corrected chi connectivity index (χ0v) is 21.8. The molecule has 2 atom stereocenters. The highest BCUT2D eigenvalue weighted by Gasteiger charge is 2.38. The van der Waals surface area contributed by atoms with Gasteiger partial charge in [-0.15, -0.1) is 0 Å². The number of carbonyl (C=O) groups is 1. The summed E-state index contributed by atoms with van der Waals surface area (Å²) < 4.78 is 50.3. The van der Waals surface area contributed by atoms with Gasteiger partial charge in [0.2, 0.25) is 0 Å². The Morgan fingerprint density at radius 1 is 1.03 bits per heavy atom. The molecule has 1 N–H and O–H groups in total. The number of hydrogen-bond donors (Lipinski definition) is 1. The smallest absolute Gasteiger partial charge is 0.303 e. The van der Waals surface area contributed by atoms with E-state index in [1.54, 1.807) is 18.2 Å². The Bertz CT molecular complexity index is 1350. The highest BCUT2D eigenvalue weighted by Crippen LogP contribution is 2.51. The molecule has 2 aliphatic rings. The normalized spacial score (nSPS) is 19.3. The Labute approximate surface area is 221 Å². The summed E-state index contributed by atoms with van der Waals surface area (Å²) in [5.74, 6) is -2.36. The number of aliphatic carboxylic acids is 1. The Morgan fingerprint density at radius 2 is 1.82 bits per heavy atom. The number of rotatable bonds is 9. The third kappa shape index (κ3) is 5.45. The molecule has 3 aromatic carbocycles. The Kier molecular flexibility index (Phi) is 7.26. The molecule has 0 saturated heterocycles. The van der Waals surface area contributed by atoms with Crippen molar-refractivity contribution < 1.29 is 27.8 Å². The van der Waals surface area contributed by atoms with Gasteiger partial charge < -0.3 is 9.84 Å². The molecule has 0 heterocycles. The monoisotopic (exact) mass is 522 g/mol. The van der Waals surface area contributed by atoms with E-state index in [0.717, 1.165) is 55.4 Å². The molecule has 0 spiro atoms. The fourth-order valence-electron chi connectivity index (χ4n) is 6.15. The van der Waals surface area contributed by atoms with Crippen molar-refractivity contribution in [3.63, 3.8) is 0 Å². The van der Waals surface area contributed by atoms with E-state index in [4.69, 9.17) is 4.74 Å². The van der Waals surface area contributed by atoms with Crippen LogP contribution in [0.1, 0.15) is 80.9 Å². The van der Waals surface area contributed by atoms with Crippen LogP contribution in [-0.4, -0.2) is 11.1 Å². The predicted octanol–water partition coefficient (Wildman–Crippen LogP) is 8.61. The van der Waals surface area contributed by atoms with Gasteiger partial charge in [0.05, 0.1) is 6.42 Å². The van der Waals surface area contributed by atoms with E-state index < -0.39 is 23.4 Å². The first-order chi connectivity index (χ1) is 18.1. The van der Waals surface area contributed by atoms with Crippen molar-refractivity contribution in [2.75, 3.05) is 0 Å². The maximum absolute atomic E-state index is 15.5. The summed E-state index contributed by atoms with van der Waals surface area (Å²) in [4.78, 5) is 11.4. The minimum absolute atomic E-state index is 0.000431. The molecule has 5 rings (SSSR count). The first kappa shape index (κ1) is 26.3. The van der Waals surface area contributed by atoms with Crippen molar-refractivity contribution in [3.05, 3.63) is 88.7 Å². The molecule has 0 aliphatic heterocycles. The number of carboxylic acids is 1. The highest BCUT2D eigenvalue weighted by atomic mass is 19.1. The molecule has 0 bridgehead atoms. The maximum Gasteiger partial charge on any atom is 0.303 e. The van der Waals surface area contributed by atoms with E-state index in [1.165, 1.54) is 6.07 Å². The minimum atomic E-state index is -0.940. The average molecular weight is 523 g/mol. The maximum atomic E-state index is 15.5. The first-order valence-electron chi connectivity index (χ1n) is 13.4. The van der Waals surface area contributed by atoms with Crippen LogP contribution in [0.3, 0.4) is 0 Å². The van der Waals surface area contributed by atoms with Crippen LogP contribution in [-0.2, 0) is 11.4 Å². The SMILES string of the molecule is CC1(C)CCC[C@H]1c1cc(COc2cccc([C@@H](CC(=O)O)C3CC3)c2F)ccc1-c1cc(F)ccc1F. The molecule has 6 heteroatoms. The number of carboxylic acid groups (broad SMARTS) is 1. The van der Waals surface area contributed by atoms with E-state index in [-0.39, 0.29) is 47.5 Å². The Morgan fingerprint density at radius 3 is 2.50 bits per heavy atom. The van der Waals surface area contributed by atoms with Gasteiger partial charge in [-0.2, -0.15) is 0 Å². The molecular formula is C32H33F3O3. The summed E-state index contributed by atoms with van der Waals surface area (Å²) in [6.07, 6.45) is 4.75. The molecule has 0 radical (unpaired) electrons. The summed E-state index contributed by atoms with van der Waals surface area (Å²) in [7, 11) is 0. The summed E-state index contributed by atoms with van der Waals surface area (Å²) in [5, 5.41) is 9.33. The van der Waals surface area contributed by atoms with Crippen molar-refractivity contribution >= 4 is 5.97 Å². The van der Waals surface area contributed by atoms with Gasteiger partial charge in [0.1, 0.15) is 18.2 Å². The van der Waals surface area contributed by atoms with E-state index in [2.05, 4.69) is 13.8 Å². The molecule has 3 aromatic rings. The Balaban J connectivity index is 1.45. The molecule has 200 valence electrons. The summed E-state index contributed by atoms with van der Waals surface area (Å²) in [5.41, 5.74) is 3.04. The number of benzene rings is 3. The molecule has 0 amide bonds. The van der Waals surface area contributed by atoms with Gasteiger partial charge in [-0.3, -0.25) is 4.79 Å². The molecule has 2 saturated carbocycles. The molecule has 2 aliphatic carbocycles. The molecule has 0 unspecified atom stereocenters. The van der Waals surface area contributed by atoms with Gasteiger partial charge in [0.25, 0.3) is 0 Å². The summed E-state index contributed by atoms with van der Waals surface area (Å²) in [6, 6.07) is 14.0. The van der Waals surface area contributed by atoms with Gasteiger partial charge >= 0.3 is 5.97 Å². The molecular weight excluding hydrogens is 489 g/mol. The van der Waals surface area contributed by atoms with E-state index in [9.17, 15) is 18.7 Å². The van der Waals surface area contributed by atoms with Crippen LogP contribution in [0.5, 0.6) is 5.75 Å². The number of hydrogen-bond acceptors (Lipinski definition) is 2. The van der Waals surface area contributed by atoms with E-state index in [0.29, 0.717) is 11.1 Å². The van der Waals surface area contributed by atoms with Crippen LogP contribution in [0.25, 0.3) is 11.1 Å². The van der Waals surface area contributed by atoms with Crippen LogP contribution < -0.4 is 4.74 Å². The molecule has 38 heavy (non-hydrogen) atoms. The zero-order valence-electron chi connectivity index (χ0n) is 21.8. The second-order valence-corrected chi connectivity index (χ2v) is 11.5. The molecule has 0 aromatic heterocycles. The standard InChI is InChI=1S/C32H33F3O3/c1-32(2)14-4-6-27(32)25-15-19(8-12-22(25)26-16-21(33)11-13-28(26)34)18-38-29-7-3-5-23(31(29)35)24(17-30(36)37)20-9-10-20/h3,5,7-8,11-13,15-16,20,24,27H,4,6,9-10,14,17-18H2,1-2H3,(H,36,37)/t24-,27-/m0/s1. The van der Waals surface area contributed by atoms with Gasteiger partial charge in [0, 0.05) is 11.5 Å². The van der Waals surface area contributed by atoms with Crippen molar-refractivity contribution in [1.29, 1.82) is 0 Å². The van der Waals surface area contributed by atoms with Gasteiger partial charge in [0.15, 0.2) is 11.6 Å². The minimum Gasteiger partial charge on any atom is -0.486 e. The number of halogens is 3. The Hall–Kier alpha value is -3.28. The van der Waals surface area contributed by atoms with Crippen LogP contribution in [0.15, 0.2) is 54.6 Å². The van der Waals surface area contributed by atoms with E-state index in [1.807, 2.05) is 18.2 Å². The van der Waals surface area contributed by atoms with Crippen LogP contribution in [0, 0.1) is 28.8 Å². The second kappa shape index (κ2) is 10.5. The van der Waals surface area contributed by atoms with Crippen molar-refractivity contribution in [2.45, 2.75) is 70.8 Å². The second-order valence-electron chi connectivity index (χ2n) is 11.5. The van der Waals surface area contributed by atoms with Crippen molar-refractivity contribution in [3.8, 4) is 16.9 Å². The molecule has 2 fully saturated rings. The zero-order chi connectivity index (χ0) is 27.0. The van der Waals surface area contributed by atoms with Crippen LogP contribution >= 0.6 is 0 Å². The lowest BCUT2D eigenvalue weighted by Crippen LogP contribution is -2.17. The fraction of sp³-hybridized carbons (Fsp3) is 0.406. The predicted molar refractivity (Wildman–Crippen MR) is 141 cm³/mol. The topological polar surface area (TPSA) is 46.5 Å². The quantitative estimate of drug-likeness (QED) is 0.306. The fourth-order valence-corrected chi connectivity index (χ4v) is 6.15. The highest BCUT2D eigenvalue weighted by molar-refractivity contribution is 5.70. The summed E-state index contributed by atoms with van der Waals surface area (Å²) >= 11 is 0. The van der Waals surface area contributed by atoms with Gasteiger partial charge in [-0.1, -0.05) is 50.6 Å². The van der Waals surface area contributed by atoms with Crippen molar-refractivity contribution in [2.24, 2.45) is 11.3 Å². The van der Waals surface area contributed by atoms with E-state index >= 15 is 4.39 Å². The lowest BCUT2D eigenvalue weighted by atomic mass is 9.75. The van der Waals surface area contributed by atoms with Crippen molar-refractivity contribution in [1.82, 2.24) is 0 Å². The lowest BCUT2D eigenvalue weighted by molar-refractivity contribution is -0.137. The number of ether oxygens (including phenoxy) is 1. The van der Waals surface area contributed by atoms with Gasteiger partial charge in [-0.25, -0.2) is 13.2 Å². The first-order valence-corrected chi connectivity index (χ1v) is 13.4. The lowest BCUT2D eigenvalue weighted by Gasteiger charge is -2.30. The third-order valence-electron chi connectivity index (χ3n) is 8.34. The van der Waals surface area contributed by atoms with Crippen LogP contribution in [0.2, 0.25) is 0 Å². The largest absolute Gasteiger partial charge is 0.486 e. The summed E-state index contributed by atoms with van der Waals surface area (Å²) in [6.45, 7) is 4.50. The average Bonchev–Trinajstić information content (AvgIpc) is 3.65.